The highest BCUT2D eigenvalue weighted by Gasteiger charge is 2.17. The van der Waals surface area contributed by atoms with Gasteiger partial charge in [-0.2, -0.15) is 0 Å². The molecule has 1 aromatic heterocycles. The summed E-state index contributed by atoms with van der Waals surface area (Å²) in [5.74, 6) is 1.51. The number of benzene rings is 2. The van der Waals surface area contributed by atoms with Crippen LogP contribution in [0.3, 0.4) is 0 Å². The van der Waals surface area contributed by atoms with E-state index in [1.165, 1.54) is 12.5 Å². The molecule has 1 aliphatic heterocycles. The number of carbonyl (C=O) groups excluding carboxylic acids is 1. The van der Waals surface area contributed by atoms with Crippen molar-refractivity contribution in [2.75, 3.05) is 12.1 Å². The van der Waals surface area contributed by atoms with Crippen molar-refractivity contribution >= 4 is 29.3 Å². The number of hydrogen-bond acceptors (Lipinski definition) is 5. The number of rotatable bonds is 4. The van der Waals surface area contributed by atoms with Gasteiger partial charge >= 0.3 is 0 Å². The molecule has 6 nitrogen and oxygen atoms in total. The Kier molecular flexibility index (Phi) is 4.33. The number of fused-ring (bicyclic) bond motifs is 1. The Balaban J connectivity index is 1.42. The van der Waals surface area contributed by atoms with Gasteiger partial charge in [0.15, 0.2) is 23.7 Å². The monoisotopic (exact) mass is 368 g/mol. The number of amides is 1. The van der Waals surface area contributed by atoms with Crippen LogP contribution in [0.4, 0.5) is 5.69 Å². The molecule has 1 amide bonds. The van der Waals surface area contributed by atoms with Crippen LogP contribution in [0.2, 0.25) is 5.02 Å². The Hall–Kier alpha value is -3.25. The lowest BCUT2D eigenvalue weighted by atomic mass is 10.1. The van der Waals surface area contributed by atoms with Gasteiger partial charge in [-0.25, -0.2) is 4.98 Å². The third-order valence-electron chi connectivity index (χ3n) is 3.75. The number of nitrogens with one attached hydrogen (secondary N) is 1. The van der Waals surface area contributed by atoms with E-state index in [0.717, 1.165) is 11.1 Å². The average molecular weight is 369 g/mol. The van der Waals surface area contributed by atoms with Crippen LogP contribution in [0.1, 0.15) is 5.56 Å². The molecule has 3 aromatic rings. The molecule has 0 spiro atoms. The van der Waals surface area contributed by atoms with Crippen LogP contribution in [-0.4, -0.2) is 17.7 Å². The van der Waals surface area contributed by atoms with Crippen LogP contribution in [0.15, 0.2) is 59.5 Å². The Morgan fingerprint density at radius 1 is 1.19 bits per heavy atom. The first-order chi connectivity index (χ1) is 12.7. The zero-order chi connectivity index (χ0) is 17.9. The van der Waals surface area contributed by atoms with Crippen molar-refractivity contribution in [2.45, 2.75) is 0 Å². The number of anilines is 1. The van der Waals surface area contributed by atoms with Crippen LogP contribution in [0.25, 0.3) is 17.4 Å². The highest BCUT2D eigenvalue weighted by atomic mass is 35.5. The van der Waals surface area contributed by atoms with Gasteiger partial charge in [-0.15, -0.1) is 0 Å². The SMILES string of the molecule is O=C(/C=C/c1cc(Cl)c2c(c1)OCO2)Nc1ccc(-c2cnco2)cc1. The minimum atomic E-state index is -0.258. The minimum absolute atomic E-state index is 0.146. The summed E-state index contributed by atoms with van der Waals surface area (Å²) in [5, 5.41) is 3.24. The first-order valence-corrected chi connectivity index (χ1v) is 8.14. The van der Waals surface area contributed by atoms with Gasteiger partial charge in [0, 0.05) is 17.3 Å². The molecule has 0 saturated carbocycles. The first-order valence-electron chi connectivity index (χ1n) is 7.76. The summed E-state index contributed by atoms with van der Waals surface area (Å²) in [7, 11) is 0. The van der Waals surface area contributed by atoms with Gasteiger partial charge in [0.05, 0.1) is 11.2 Å². The summed E-state index contributed by atoms with van der Waals surface area (Å²) in [6.07, 6.45) is 6.09. The fraction of sp³-hybridized carbons (Fsp3) is 0.0526. The maximum atomic E-state index is 12.1. The summed E-state index contributed by atoms with van der Waals surface area (Å²) in [6, 6.07) is 10.8. The molecule has 0 fully saturated rings. The summed E-state index contributed by atoms with van der Waals surface area (Å²) in [4.78, 5) is 16.0. The molecule has 0 radical (unpaired) electrons. The fourth-order valence-electron chi connectivity index (χ4n) is 2.52. The van der Waals surface area contributed by atoms with Crippen molar-refractivity contribution in [1.29, 1.82) is 0 Å². The van der Waals surface area contributed by atoms with Crippen molar-refractivity contribution in [3.8, 4) is 22.8 Å². The number of oxazole rings is 1. The first kappa shape index (κ1) is 16.2. The van der Waals surface area contributed by atoms with Crippen molar-refractivity contribution in [3.63, 3.8) is 0 Å². The Morgan fingerprint density at radius 3 is 2.81 bits per heavy atom. The van der Waals surface area contributed by atoms with E-state index in [2.05, 4.69) is 10.3 Å². The van der Waals surface area contributed by atoms with Crippen LogP contribution in [0, 0.1) is 0 Å². The second kappa shape index (κ2) is 6.93. The van der Waals surface area contributed by atoms with E-state index in [1.54, 1.807) is 36.5 Å². The smallest absolute Gasteiger partial charge is 0.248 e. The average Bonchev–Trinajstić information content (AvgIpc) is 3.32. The number of aromatic nitrogens is 1. The maximum absolute atomic E-state index is 12.1. The molecule has 0 bridgehead atoms. The van der Waals surface area contributed by atoms with E-state index in [4.69, 9.17) is 25.5 Å². The Labute approximate surface area is 154 Å². The van der Waals surface area contributed by atoms with Crippen molar-refractivity contribution in [1.82, 2.24) is 4.98 Å². The standard InChI is InChI=1S/C19H13ClN2O4/c20-15-7-12(8-16-19(15)26-11-25-16)1-6-18(23)22-14-4-2-13(3-5-14)17-9-21-10-24-17/h1-10H,11H2,(H,22,23)/b6-1+. The van der Waals surface area contributed by atoms with Gasteiger partial charge in [-0.05, 0) is 48.0 Å². The highest BCUT2D eigenvalue weighted by molar-refractivity contribution is 6.32. The second-order valence-electron chi connectivity index (χ2n) is 5.50. The molecule has 0 atom stereocenters. The lowest BCUT2D eigenvalue weighted by Crippen LogP contribution is -2.07. The fourth-order valence-corrected chi connectivity index (χ4v) is 2.79. The summed E-state index contributed by atoms with van der Waals surface area (Å²) in [6.45, 7) is 0.146. The largest absolute Gasteiger partial charge is 0.454 e. The number of nitrogens with zero attached hydrogens (tertiary/aromatic N) is 1. The lowest BCUT2D eigenvalue weighted by molar-refractivity contribution is -0.111. The third-order valence-corrected chi connectivity index (χ3v) is 4.03. The zero-order valence-corrected chi connectivity index (χ0v) is 14.2. The van der Waals surface area contributed by atoms with Crippen LogP contribution < -0.4 is 14.8 Å². The predicted octanol–water partition coefficient (Wildman–Crippen LogP) is 4.38. The van der Waals surface area contributed by atoms with Crippen LogP contribution in [0.5, 0.6) is 11.5 Å². The van der Waals surface area contributed by atoms with E-state index in [0.29, 0.717) is 28.0 Å². The van der Waals surface area contributed by atoms with Gasteiger partial charge in [0.1, 0.15) is 0 Å². The number of carbonyl (C=O) groups is 1. The summed E-state index contributed by atoms with van der Waals surface area (Å²) >= 11 is 6.13. The van der Waals surface area contributed by atoms with Gasteiger partial charge < -0.3 is 19.2 Å². The number of hydrogen-bond donors (Lipinski definition) is 1. The maximum Gasteiger partial charge on any atom is 0.248 e. The summed E-state index contributed by atoms with van der Waals surface area (Å²) < 4.78 is 15.8. The molecule has 26 heavy (non-hydrogen) atoms. The van der Waals surface area contributed by atoms with Gasteiger partial charge in [0.2, 0.25) is 12.7 Å². The van der Waals surface area contributed by atoms with E-state index >= 15 is 0 Å². The van der Waals surface area contributed by atoms with E-state index in [9.17, 15) is 4.79 Å². The molecule has 2 heterocycles. The number of halogens is 1. The normalized spacial score (nSPS) is 12.5. The number of ether oxygens (including phenoxy) is 2. The molecule has 1 aliphatic rings. The van der Waals surface area contributed by atoms with Gasteiger partial charge in [-0.3, -0.25) is 4.79 Å². The summed E-state index contributed by atoms with van der Waals surface area (Å²) in [5.41, 5.74) is 2.30. The Morgan fingerprint density at radius 2 is 2.04 bits per heavy atom. The molecule has 0 unspecified atom stereocenters. The third kappa shape index (κ3) is 3.41. The molecule has 0 saturated heterocycles. The molecular formula is C19H13ClN2O4. The Bertz CT molecular complexity index is 966. The van der Waals surface area contributed by atoms with Crippen LogP contribution in [-0.2, 0) is 4.79 Å². The van der Waals surface area contributed by atoms with Crippen molar-refractivity contribution in [2.24, 2.45) is 0 Å². The molecular weight excluding hydrogens is 356 g/mol. The topological polar surface area (TPSA) is 73.6 Å². The zero-order valence-electron chi connectivity index (χ0n) is 13.4. The quantitative estimate of drug-likeness (QED) is 0.692. The van der Waals surface area contributed by atoms with E-state index < -0.39 is 0 Å². The molecule has 2 aromatic carbocycles. The second-order valence-corrected chi connectivity index (χ2v) is 5.91. The molecule has 1 N–H and O–H groups in total. The molecule has 130 valence electrons. The molecule has 0 aliphatic carbocycles. The van der Waals surface area contributed by atoms with Gasteiger partial charge in [0.25, 0.3) is 0 Å². The predicted molar refractivity (Wildman–Crippen MR) is 97.2 cm³/mol. The lowest BCUT2D eigenvalue weighted by Gasteiger charge is -2.04. The van der Waals surface area contributed by atoms with Crippen molar-refractivity contribution in [3.05, 3.63) is 65.7 Å². The van der Waals surface area contributed by atoms with Crippen molar-refractivity contribution < 1.29 is 18.7 Å². The van der Waals surface area contributed by atoms with Crippen LogP contribution >= 0.6 is 11.6 Å². The van der Waals surface area contributed by atoms with Gasteiger partial charge in [-0.1, -0.05) is 11.6 Å². The molecule has 7 heteroatoms. The minimum Gasteiger partial charge on any atom is -0.454 e. The molecule has 4 rings (SSSR count). The van der Waals surface area contributed by atoms with E-state index in [1.807, 2.05) is 12.1 Å². The highest BCUT2D eigenvalue weighted by Crippen LogP contribution is 2.40. The van der Waals surface area contributed by atoms with E-state index in [-0.39, 0.29) is 12.7 Å².